The lowest BCUT2D eigenvalue weighted by atomic mass is 9.93. The van der Waals surface area contributed by atoms with Crippen LogP contribution in [0.5, 0.6) is 0 Å². The summed E-state index contributed by atoms with van der Waals surface area (Å²) in [7, 11) is 0. The molecule has 10 rings (SSSR count). The SMILES string of the molecule is c1ccc(-c2ccc(N(c3cccc(-c4ccccc4-c4ccc5ccccc5c4)c3)c3ccccc3-c3cccc4c3sc3ccccc34)cc2)cc1. The summed E-state index contributed by atoms with van der Waals surface area (Å²) >= 11 is 1.88. The van der Waals surface area contributed by atoms with Gasteiger partial charge < -0.3 is 4.90 Å². The van der Waals surface area contributed by atoms with E-state index >= 15 is 0 Å². The standard InChI is InChI=1S/C52H35NS/c1-2-14-36(15-3-1)38-30-32-42(33-31-38)53(50-26-10-8-22-46(50)48-24-13-25-49-47-23-9-11-27-51(47)54-52(48)49)43-19-12-18-40(35-43)44-20-6-7-21-45(44)41-29-28-37-16-4-5-17-39(37)34-41/h1-35H. The highest BCUT2D eigenvalue weighted by Gasteiger charge is 2.20. The lowest BCUT2D eigenvalue weighted by molar-refractivity contribution is 1.28. The van der Waals surface area contributed by atoms with Crippen LogP contribution < -0.4 is 4.90 Å². The zero-order valence-corrected chi connectivity index (χ0v) is 30.4. The van der Waals surface area contributed by atoms with Crippen molar-refractivity contribution in [1.29, 1.82) is 0 Å². The van der Waals surface area contributed by atoms with Gasteiger partial charge in [-0.2, -0.15) is 0 Å². The Bertz CT molecular complexity index is 2940. The summed E-state index contributed by atoms with van der Waals surface area (Å²) in [5.41, 5.74) is 13.0. The molecule has 0 saturated heterocycles. The topological polar surface area (TPSA) is 3.24 Å². The quantitative estimate of drug-likeness (QED) is 0.160. The minimum absolute atomic E-state index is 1.10. The lowest BCUT2D eigenvalue weighted by Gasteiger charge is -2.28. The van der Waals surface area contributed by atoms with Gasteiger partial charge in [0.15, 0.2) is 0 Å². The minimum atomic E-state index is 1.10. The van der Waals surface area contributed by atoms with E-state index in [2.05, 4.69) is 217 Å². The highest BCUT2D eigenvalue weighted by molar-refractivity contribution is 7.26. The first kappa shape index (κ1) is 32.0. The Morgan fingerprint density at radius 3 is 1.72 bits per heavy atom. The van der Waals surface area contributed by atoms with Crippen molar-refractivity contribution in [2.24, 2.45) is 0 Å². The summed E-state index contributed by atoms with van der Waals surface area (Å²) in [6, 6.07) is 77.1. The Morgan fingerprint density at radius 2 is 0.889 bits per heavy atom. The van der Waals surface area contributed by atoms with Crippen molar-refractivity contribution >= 4 is 59.3 Å². The maximum atomic E-state index is 2.43. The summed E-state index contributed by atoms with van der Waals surface area (Å²) < 4.78 is 2.62. The summed E-state index contributed by atoms with van der Waals surface area (Å²) in [5, 5.41) is 5.10. The fourth-order valence-electron chi connectivity index (χ4n) is 7.87. The fraction of sp³-hybridized carbons (Fsp3) is 0. The predicted octanol–water partition coefficient (Wildman–Crippen LogP) is 15.3. The first-order chi connectivity index (χ1) is 26.8. The molecule has 0 aliphatic heterocycles. The Morgan fingerprint density at radius 1 is 0.315 bits per heavy atom. The van der Waals surface area contributed by atoms with E-state index in [-0.39, 0.29) is 0 Å². The van der Waals surface area contributed by atoms with E-state index in [0.717, 1.165) is 17.1 Å². The molecule has 0 spiro atoms. The third kappa shape index (κ3) is 5.74. The molecule has 0 aliphatic rings. The van der Waals surface area contributed by atoms with Crippen molar-refractivity contribution in [3.63, 3.8) is 0 Å². The third-order valence-electron chi connectivity index (χ3n) is 10.5. The first-order valence-corrected chi connectivity index (χ1v) is 19.2. The monoisotopic (exact) mass is 705 g/mol. The molecule has 254 valence electrons. The molecule has 0 N–H and O–H groups in total. The van der Waals surface area contributed by atoms with Crippen LogP contribution in [0.4, 0.5) is 17.1 Å². The van der Waals surface area contributed by atoms with Crippen LogP contribution in [0.15, 0.2) is 212 Å². The van der Waals surface area contributed by atoms with Crippen molar-refractivity contribution in [3.8, 4) is 44.5 Å². The molecule has 0 unspecified atom stereocenters. The van der Waals surface area contributed by atoms with Gasteiger partial charge in [0.25, 0.3) is 0 Å². The smallest absolute Gasteiger partial charge is 0.0540 e. The number of thiophene rings is 1. The molecule has 1 nitrogen and oxygen atoms in total. The van der Waals surface area contributed by atoms with Crippen molar-refractivity contribution in [2.75, 3.05) is 4.90 Å². The molecule has 0 amide bonds. The second-order valence-electron chi connectivity index (χ2n) is 13.7. The highest BCUT2D eigenvalue weighted by atomic mass is 32.1. The number of rotatable bonds is 7. The summed E-state index contributed by atoms with van der Waals surface area (Å²) in [6.07, 6.45) is 0. The van der Waals surface area contributed by atoms with Gasteiger partial charge in [0, 0.05) is 42.7 Å². The molecule has 0 bridgehead atoms. The molecule has 2 heteroatoms. The molecular formula is C52H35NS. The lowest BCUT2D eigenvalue weighted by Crippen LogP contribution is -2.11. The fourth-order valence-corrected chi connectivity index (χ4v) is 9.10. The number of para-hydroxylation sites is 1. The van der Waals surface area contributed by atoms with Crippen molar-refractivity contribution in [3.05, 3.63) is 212 Å². The molecule has 0 saturated carbocycles. The number of anilines is 3. The molecular weight excluding hydrogens is 671 g/mol. The van der Waals surface area contributed by atoms with E-state index in [1.807, 2.05) is 11.3 Å². The number of hydrogen-bond donors (Lipinski definition) is 0. The molecule has 0 radical (unpaired) electrons. The summed E-state index contributed by atoms with van der Waals surface area (Å²) in [4.78, 5) is 2.43. The van der Waals surface area contributed by atoms with E-state index in [9.17, 15) is 0 Å². The largest absolute Gasteiger partial charge is 0.310 e. The maximum absolute atomic E-state index is 2.43. The molecule has 1 aromatic heterocycles. The van der Waals surface area contributed by atoms with Crippen LogP contribution in [0.1, 0.15) is 0 Å². The number of fused-ring (bicyclic) bond motifs is 4. The van der Waals surface area contributed by atoms with Crippen LogP contribution in [-0.2, 0) is 0 Å². The van der Waals surface area contributed by atoms with Crippen molar-refractivity contribution in [1.82, 2.24) is 0 Å². The average molecular weight is 706 g/mol. The Balaban J connectivity index is 1.15. The van der Waals surface area contributed by atoms with Crippen LogP contribution in [0.25, 0.3) is 75.5 Å². The highest BCUT2D eigenvalue weighted by Crippen LogP contribution is 2.47. The van der Waals surface area contributed by atoms with Crippen LogP contribution >= 0.6 is 11.3 Å². The second-order valence-corrected chi connectivity index (χ2v) is 14.8. The third-order valence-corrected chi connectivity index (χ3v) is 11.7. The maximum Gasteiger partial charge on any atom is 0.0540 e. The van der Waals surface area contributed by atoms with Crippen LogP contribution in [0.3, 0.4) is 0 Å². The minimum Gasteiger partial charge on any atom is -0.310 e. The van der Waals surface area contributed by atoms with Gasteiger partial charge >= 0.3 is 0 Å². The zero-order valence-electron chi connectivity index (χ0n) is 29.6. The molecule has 9 aromatic carbocycles. The Hall–Kier alpha value is -6.74. The summed E-state index contributed by atoms with van der Waals surface area (Å²) in [5.74, 6) is 0. The summed E-state index contributed by atoms with van der Waals surface area (Å²) in [6.45, 7) is 0. The van der Waals surface area contributed by atoms with Gasteiger partial charge in [-0.25, -0.2) is 0 Å². The number of nitrogens with zero attached hydrogens (tertiary/aromatic N) is 1. The van der Waals surface area contributed by atoms with E-state index in [1.165, 1.54) is 75.5 Å². The van der Waals surface area contributed by atoms with E-state index in [1.54, 1.807) is 0 Å². The molecule has 1 heterocycles. The first-order valence-electron chi connectivity index (χ1n) is 18.4. The molecule has 0 atom stereocenters. The van der Waals surface area contributed by atoms with Crippen molar-refractivity contribution in [2.45, 2.75) is 0 Å². The van der Waals surface area contributed by atoms with Crippen LogP contribution in [0.2, 0.25) is 0 Å². The van der Waals surface area contributed by atoms with Crippen molar-refractivity contribution < 1.29 is 0 Å². The Labute approximate surface area is 319 Å². The average Bonchev–Trinajstić information content (AvgIpc) is 3.64. The zero-order chi connectivity index (χ0) is 35.8. The number of benzene rings is 9. The number of hydrogen-bond acceptors (Lipinski definition) is 2. The van der Waals surface area contributed by atoms with Crippen LogP contribution in [-0.4, -0.2) is 0 Å². The Kier molecular flexibility index (Phi) is 8.09. The van der Waals surface area contributed by atoms with Gasteiger partial charge in [0.05, 0.1) is 5.69 Å². The molecule has 0 fully saturated rings. The predicted molar refractivity (Wildman–Crippen MR) is 233 cm³/mol. The van der Waals surface area contributed by atoms with Gasteiger partial charge in [-0.05, 0) is 86.6 Å². The van der Waals surface area contributed by atoms with Gasteiger partial charge in [-0.1, -0.05) is 170 Å². The van der Waals surface area contributed by atoms with Gasteiger partial charge in [0.1, 0.15) is 0 Å². The van der Waals surface area contributed by atoms with Gasteiger partial charge in [0.2, 0.25) is 0 Å². The van der Waals surface area contributed by atoms with E-state index in [4.69, 9.17) is 0 Å². The van der Waals surface area contributed by atoms with Gasteiger partial charge in [-0.15, -0.1) is 11.3 Å². The molecule has 54 heavy (non-hydrogen) atoms. The second kappa shape index (κ2) is 13.7. The molecule has 10 aromatic rings. The van der Waals surface area contributed by atoms with E-state index < -0.39 is 0 Å². The normalized spacial score (nSPS) is 11.3. The van der Waals surface area contributed by atoms with Crippen LogP contribution in [0, 0.1) is 0 Å². The molecule has 0 aliphatic carbocycles. The van der Waals surface area contributed by atoms with Gasteiger partial charge in [-0.3, -0.25) is 0 Å². The van der Waals surface area contributed by atoms with E-state index in [0.29, 0.717) is 0 Å².